The van der Waals surface area contributed by atoms with E-state index in [0.717, 1.165) is 18.7 Å². The molecule has 2 rings (SSSR count). The molecule has 1 saturated heterocycles. The highest BCUT2D eigenvalue weighted by Gasteiger charge is 2.31. The van der Waals surface area contributed by atoms with Gasteiger partial charge in [0.15, 0.2) is 0 Å². The van der Waals surface area contributed by atoms with E-state index in [-0.39, 0.29) is 11.5 Å². The van der Waals surface area contributed by atoms with Gasteiger partial charge in [-0.05, 0) is 26.3 Å². The van der Waals surface area contributed by atoms with Gasteiger partial charge in [0.25, 0.3) is 5.91 Å². The van der Waals surface area contributed by atoms with E-state index in [1.807, 2.05) is 24.8 Å². The van der Waals surface area contributed by atoms with Crippen molar-refractivity contribution in [3.05, 3.63) is 24.0 Å². The number of hydrogen-bond acceptors (Lipinski definition) is 4. The second-order valence-electron chi connectivity index (χ2n) is 5.68. The number of carbonyl (C=O) groups excluding carboxylic acids is 1. The molecule has 1 aliphatic heterocycles. The minimum atomic E-state index is -0.285. The molecule has 1 fully saturated rings. The summed E-state index contributed by atoms with van der Waals surface area (Å²) in [4.78, 5) is 18.6. The van der Waals surface area contributed by atoms with Crippen molar-refractivity contribution in [3.8, 4) is 0 Å². The standard InChI is InChI=1S/C15H23N3O2/c1-4-6-17-13-5-7-16-10-12(13)14(19)18-8-9-20-15(2,3)11-18/h5,7,10H,4,6,8-9,11H2,1-3H3,(H,16,17). The average Bonchev–Trinajstić information content (AvgIpc) is 2.43. The summed E-state index contributed by atoms with van der Waals surface area (Å²) in [6.07, 6.45) is 4.36. The topological polar surface area (TPSA) is 54.5 Å². The summed E-state index contributed by atoms with van der Waals surface area (Å²) in [5.74, 6) is 0.0214. The molecule has 0 unspecified atom stereocenters. The predicted octanol–water partition coefficient (Wildman–Crippen LogP) is 2.15. The highest BCUT2D eigenvalue weighted by atomic mass is 16.5. The van der Waals surface area contributed by atoms with Crippen molar-refractivity contribution in [3.63, 3.8) is 0 Å². The molecule has 0 aliphatic carbocycles. The van der Waals surface area contributed by atoms with Gasteiger partial charge in [0.2, 0.25) is 0 Å². The van der Waals surface area contributed by atoms with E-state index in [9.17, 15) is 4.79 Å². The lowest BCUT2D eigenvalue weighted by atomic mass is 10.1. The maximum Gasteiger partial charge on any atom is 0.257 e. The van der Waals surface area contributed by atoms with Crippen LogP contribution >= 0.6 is 0 Å². The van der Waals surface area contributed by atoms with E-state index >= 15 is 0 Å². The van der Waals surface area contributed by atoms with Crippen LogP contribution in [0.5, 0.6) is 0 Å². The fraction of sp³-hybridized carbons (Fsp3) is 0.600. The summed E-state index contributed by atoms with van der Waals surface area (Å²) >= 11 is 0. The summed E-state index contributed by atoms with van der Waals surface area (Å²) in [6.45, 7) is 8.77. The number of rotatable bonds is 4. The first kappa shape index (κ1) is 14.8. The van der Waals surface area contributed by atoms with Crippen molar-refractivity contribution < 1.29 is 9.53 Å². The Labute approximate surface area is 120 Å². The molecule has 0 aromatic carbocycles. The van der Waals surface area contributed by atoms with Crippen molar-refractivity contribution in [1.29, 1.82) is 0 Å². The zero-order valence-corrected chi connectivity index (χ0v) is 12.5. The molecule has 1 N–H and O–H groups in total. The molecule has 1 aliphatic rings. The molecule has 1 aromatic heterocycles. The molecule has 110 valence electrons. The number of anilines is 1. The van der Waals surface area contributed by atoms with Crippen LogP contribution in [0.1, 0.15) is 37.6 Å². The molecule has 1 aromatic rings. The summed E-state index contributed by atoms with van der Waals surface area (Å²) in [5, 5.41) is 3.28. The number of hydrogen-bond donors (Lipinski definition) is 1. The molecule has 0 saturated carbocycles. The third-order valence-corrected chi connectivity index (χ3v) is 3.33. The molecule has 0 radical (unpaired) electrons. The average molecular weight is 277 g/mol. The van der Waals surface area contributed by atoms with Crippen LogP contribution < -0.4 is 5.32 Å². The molecule has 1 amide bonds. The molecule has 0 spiro atoms. The number of carbonyl (C=O) groups is 1. The number of morpholine rings is 1. The zero-order chi connectivity index (χ0) is 14.6. The first-order chi connectivity index (χ1) is 9.53. The Bertz CT molecular complexity index is 474. The van der Waals surface area contributed by atoms with E-state index in [1.165, 1.54) is 0 Å². The quantitative estimate of drug-likeness (QED) is 0.916. The fourth-order valence-corrected chi connectivity index (χ4v) is 2.34. The second-order valence-corrected chi connectivity index (χ2v) is 5.68. The number of nitrogens with one attached hydrogen (secondary N) is 1. The maximum atomic E-state index is 12.7. The van der Waals surface area contributed by atoms with Gasteiger partial charge in [-0.1, -0.05) is 6.92 Å². The Balaban J connectivity index is 2.16. The van der Waals surface area contributed by atoms with Crippen molar-refractivity contribution in [2.45, 2.75) is 32.8 Å². The maximum absolute atomic E-state index is 12.7. The highest BCUT2D eigenvalue weighted by molar-refractivity contribution is 5.99. The van der Waals surface area contributed by atoms with Gasteiger partial charge in [-0.3, -0.25) is 9.78 Å². The number of aromatic nitrogens is 1. The van der Waals surface area contributed by atoms with Crippen LogP contribution in [0.2, 0.25) is 0 Å². The number of ether oxygens (including phenoxy) is 1. The molecule has 2 heterocycles. The van der Waals surface area contributed by atoms with Crippen LogP contribution in [-0.4, -0.2) is 47.6 Å². The van der Waals surface area contributed by atoms with Gasteiger partial charge in [-0.2, -0.15) is 0 Å². The first-order valence-electron chi connectivity index (χ1n) is 7.14. The Kier molecular flexibility index (Phi) is 4.60. The van der Waals surface area contributed by atoms with Crippen LogP contribution in [0.4, 0.5) is 5.69 Å². The summed E-state index contributed by atoms with van der Waals surface area (Å²) in [7, 11) is 0. The van der Waals surface area contributed by atoms with Gasteiger partial charge in [-0.15, -0.1) is 0 Å². The van der Waals surface area contributed by atoms with E-state index in [1.54, 1.807) is 12.4 Å². The molecule has 20 heavy (non-hydrogen) atoms. The molecular formula is C15H23N3O2. The van der Waals surface area contributed by atoms with E-state index in [0.29, 0.717) is 25.3 Å². The molecule has 0 bridgehead atoms. The molecule has 5 nitrogen and oxygen atoms in total. The monoisotopic (exact) mass is 277 g/mol. The third kappa shape index (κ3) is 3.48. The predicted molar refractivity (Wildman–Crippen MR) is 79.0 cm³/mol. The van der Waals surface area contributed by atoms with Crippen LogP contribution in [0.3, 0.4) is 0 Å². The SMILES string of the molecule is CCCNc1ccncc1C(=O)N1CCOC(C)(C)C1. The second kappa shape index (κ2) is 6.22. The van der Waals surface area contributed by atoms with E-state index < -0.39 is 0 Å². The normalized spacial score (nSPS) is 17.9. The van der Waals surface area contributed by atoms with Crippen LogP contribution in [0, 0.1) is 0 Å². The lowest BCUT2D eigenvalue weighted by Crippen LogP contribution is -2.50. The zero-order valence-electron chi connectivity index (χ0n) is 12.5. The van der Waals surface area contributed by atoms with E-state index in [4.69, 9.17) is 4.74 Å². The molecule has 0 atom stereocenters. The minimum absolute atomic E-state index is 0.0214. The Morgan fingerprint density at radius 3 is 3.05 bits per heavy atom. The van der Waals surface area contributed by atoms with Gasteiger partial charge in [0.1, 0.15) is 0 Å². The lowest BCUT2D eigenvalue weighted by molar-refractivity contribution is -0.0763. The Morgan fingerprint density at radius 2 is 2.35 bits per heavy atom. The molecular weight excluding hydrogens is 254 g/mol. The van der Waals surface area contributed by atoms with Crippen LogP contribution in [0.25, 0.3) is 0 Å². The third-order valence-electron chi connectivity index (χ3n) is 3.33. The summed E-state index contributed by atoms with van der Waals surface area (Å²) < 4.78 is 5.65. The minimum Gasteiger partial charge on any atom is -0.384 e. The molecule has 5 heteroatoms. The Morgan fingerprint density at radius 1 is 1.55 bits per heavy atom. The summed E-state index contributed by atoms with van der Waals surface area (Å²) in [6, 6.07) is 1.86. The van der Waals surface area contributed by atoms with Crippen molar-refractivity contribution in [1.82, 2.24) is 9.88 Å². The van der Waals surface area contributed by atoms with Crippen molar-refractivity contribution in [2.75, 3.05) is 31.6 Å². The number of pyridine rings is 1. The fourth-order valence-electron chi connectivity index (χ4n) is 2.34. The van der Waals surface area contributed by atoms with Crippen molar-refractivity contribution >= 4 is 11.6 Å². The van der Waals surface area contributed by atoms with Gasteiger partial charge in [-0.25, -0.2) is 0 Å². The van der Waals surface area contributed by atoms with Crippen LogP contribution in [-0.2, 0) is 4.74 Å². The largest absolute Gasteiger partial charge is 0.384 e. The van der Waals surface area contributed by atoms with Gasteiger partial charge < -0.3 is 15.0 Å². The summed E-state index contributed by atoms with van der Waals surface area (Å²) in [5.41, 5.74) is 1.21. The number of amides is 1. The van der Waals surface area contributed by atoms with Crippen LogP contribution in [0.15, 0.2) is 18.5 Å². The van der Waals surface area contributed by atoms with Gasteiger partial charge in [0.05, 0.1) is 23.5 Å². The lowest BCUT2D eigenvalue weighted by Gasteiger charge is -2.38. The Hall–Kier alpha value is -1.62. The smallest absolute Gasteiger partial charge is 0.257 e. The van der Waals surface area contributed by atoms with Gasteiger partial charge >= 0.3 is 0 Å². The first-order valence-corrected chi connectivity index (χ1v) is 7.14. The van der Waals surface area contributed by atoms with E-state index in [2.05, 4.69) is 17.2 Å². The highest BCUT2D eigenvalue weighted by Crippen LogP contribution is 2.21. The van der Waals surface area contributed by atoms with Crippen molar-refractivity contribution in [2.24, 2.45) is 0 Å². The number of nitrogens with zero attached hydrogens (tertiary/aromatic N) is 2. The van der Waals surface area contributed by atoms with Gasteiger partial charge in [0, 0.05) is 32.0 Å².